The first-order chi connectivity index (χ1) is 14.0. The summed E-state index contributed by atoms with van der Waals surface area (Å²) in [6.45, 7) is 1.07. The molecule has 1 amide bonds. The van der Waals surface area contributed by atoms with E-state index in [2.05, 4.69) is 10.3 Å². The zero-order valence-electron chi connectivity index (χ0n) is 15.3. The summed E-state index contributed by atoms with van der Waals surface area (Å²) in [6.07, 6.45) is 1.85. The highest BCUT2D eigenvalue weighted by Crippen LogP contribution is 2.25. The average molecular weight is 435 g/mol. The molecule has 0 radical (unpaired) electrons. The lowest BCUT2D eigenvalue weighted by molar-refractivity contribution is 0.0854. The van der Waals surface area contributed by atoms with Gasteiger partial charge in [-0.05, 0) is 49.2 Å². The SMILES string of the molecule is O=C(NCC1CCCO1)c1cc2cc(Cl)ccc2oc1=Nc1cccc(Cl)c1F. The molecule has 1 fully saturated rings. The minimum atomic E-state index is -0.689. The van der Waals surface area contributed by atoms with Crippen LogP contribution in [0, 0.1) is 5.82 Å². The molecule has 1 aromatic heterocycles. The molecular formula is C21H17Cl2FN2O3. The number of carbonyl (C=O) groups is 1. The monoisotopic (exact) mass is 434 g/mol. The fraction of sp³-hybridized carbons (Fsp3) is 0.238. The van der Waals surface area contributed by atoms with Gasteiger partial charge in [-0.1, -0.05) is 29.3 Å². The van der Waals surface area contributed by atoms with Crippen molar-refractivity contribution in [2.75, 3.05) is 13.2 Å². The van der Waals surface area contributed by atoms with Gasteiger partial charge in [0.1, 0.15) is 16.8 Å². The second-order valence-corrected chi connectivity index (χ2v) is 7.52. The number of carbonyl (C=O) groups excluding carboxylic acids is 1. The first-order valence-corrected chi connectivity index (χ1v) is 9.89. The van der Waals surface area contributed by atoms with Crippen LogP contribution in [0.2, 0.25) is 10.0 Å². The third-order valence-electron chi connectivity index (χ3n) is 4.62. The summed E-state index contributed by atoms with van der Waals surface area (Å²) < 4.78 is 25.7. The largest absolute Gasteiger partial charge is 0.438 e. The predicted octanol–water partition coefficient (Wildman–Crippen LogP) is 5.02. The van der Waals surface area contributed by atoms with E-state index in [0.29, 0.717) is 29.1 Å². The van der Waals surface area contributed by atoms with E-state index in [1.807, 2.05) is 0 Å². The molecule has 150 valence electrons. The molecule has 2 aromatic carbocycles. The molecule has 4 rings (SSSR count). The highest BCUT2D eigenvalue weighted by atomic mass is 35.5. The molecule has 1 saturated heterocycles. The topological polar surface area (TPSA) is 63.8 Å². The molecule has 8 heteroatoms. The molecule has 1 N–H and O–H groups in total. The van der Waals surface area contributed by atoms with Crippen molar-refractivity contribution in [3.8, 4) is 0 Å². The van der Waals surface area contributed by atoms with Crippen LogP contribution in [0.3, 0.4) is 0 Å². The Balaban J connectivity index is 1.79. The van der Waals surface area contributed by atoms with Crippen LogP contribution in [0.15, 0.2) is 51.9 Å². The van der Waals surface area contributed by atoms with Gasteiger partial charge < -0.3 is 14.5 Å². The Bertz CT molecular complexity index is 1140. The molecule has 0 saturated carbocycles. The Kier molecular flexibility index (Phi) is 5.85. The van der Waals surface area contributed by atoms with E-state index in [0.717, 1.165) is 12.8 Å². The van der Waals surface area contributed by atoms with Crippen molar-refractivity contribution >= 4 is 45.8 Å². The Morgan fingerprint density at radius 3 is 2.90 bits per heavy atom. The Morgan fingerprint density at radius 1 is 1.24 bits per heavy atom. The molecule has 1 aliphatic rings. The van der Waals surface area contributed by atoms with Gasteiger partial charge in [-0.15, -0.1) is 0 Å². The second kappa shape index (κ2) is 8.53. The molecule has 3 aromatic rings. The number of ether oxygens (including phenoxy) is 1. The summed E-state index contributed by atoms with van der Waals surface area (Å²) in [5.74, 6) is -1.08. The second-order valence-electron chi connectivity index (χ2n) is 6.68. The molecule has 2 heterocycles. The van der Waals surface area contributed by atoms with Crippen molar-refractivity contribution in [2.24, 2.45) is 4.99 Å². The third-order valence-corrected chi connectivity index (χ3v) is 5.15. The van der Waals surface area contributed by atoms with Crippen LogP contribution < -0.4 is 10.9 Å². The fourth-order valence-electron chi connectivity index (χ4n) is 3.14. The zero-order chi connectivity index (χ0) is 20.4. The van der Waals surface area contributed by atoms with E-state index >= 15 is 0 Å². The maximum atomic E-state index is 14.3. The molecule has 5 nitrogen and oxygen atoms in total. The van der Waals surface area contributed by atoms with Gasteiger partial charge in [0, 0.05) is 23.6 Å². The maximum Gasteiger partial charge on any atom is 0.256 e. The Morgan fingerprint density at radius 2 is 2.10 bits per heavy atom. The van der Waals surface area contributed by atoms with E-state index in [4.69, 9.17) is 32.4 Å². The Hall–Kier alpha value is -2.41. The summed E-state index contributed by atoms with van der Waals surface area (Å²) in [7, 11) is 0. The summed E-state index contributed by atoms with van der Waals surface area (Å²) in [5.41, 5.74) is 0.581. The van der Waals surface area contributed by atoms with Gasteiger partial charge in [-0.25, -0.2) is 9.38 Å². The minimum Gasteiger partial charge on any atom is -0.438 e. The molecular weight excluding hydrogens is 418 g/mol. The van der Waals surface area contributed by atoms with Crippen molar-refractivity contribution in [1.82, 2.24) is 5.32 Å². The van der Waals surface area contributed by atoms with E-state index in [9.17, 15) is 9.18 Å². The number of amides is 1. The van der Waals surface area contributed by atoms with Crippen LogP contribution in [-0.4, -0.2) is 25.2 Å². The van der Waals surface area contributed by atoms with Crippen molar-refractivity contribution in [2.45, 2.75) is 18.9 Å². The highest BCUT2D eigenvalue weighted by Gasteiger charge is 2.19. The van der Waals surface area contributed by atoms with Crippen LogP contribution in [0.25, 0.3) is 11.0 Å². The Labute approximate surface area is 176 Å². The number of halogens is 3. The normalized spacial score (nSPS) is 17.1. The van der Waals surface area contributed by atoms with E-state index in [1.165, 1.54) is 12.1 Å². The van der Waals surface area contributed by atoms with Crippen LogP contribution in [-0.2, 0) is 4.74 Å². The number of rotatable bonds is 4. The molecule has 0 bridgehead atoms. The first-order valence-electron chi connectivity index (χ1n) is 9.13. The van der Waals surface area contributed by atoms with Gasteiger partial charge in [0.2, 0.25) is 5.55 Å². The lowest BCUT2D eigenvalue weighted by atomic mass is 10.1. The number of fused-ring (bicyclic) bond motifs is 1. The molecule has 0 aliphatic carbocycles. The molecule has 29 heavy (non-hydrogen) atoms. The highest BCUT2D eigenvalue weighted by molar-refractivity contribution is 6.31. The average Bonchev–Trinajstić information content (AvgIpc) is 3.23. The molecule has 1 aliphatic heterocycles. The van der Waals surface area contributed by atoms with Crippen LogP contribution in [0.5, 0.6) is 0 Å². The zero-order valence-corrected chi connectivity index (χ0v) is 16.8. The van der Waals surface area contributed by atoms with Gasteiger partial charge >= 0.3 is 0 Å². The van der Waals surface area contributed by atoms with Crippen molar-refractivity contribution in [1.29, 1.82) is 0 Å². The minimum absolute atomic E-state index is 0.0171. The van der Waals surface area contributed by atoms with Gasteiger partial charge in [0.15, 0.2) is 5.82 Å². The summed E-state index contributed by atoms with van der Waals surface area (Å²) in [5, 5.41) is 3.90. The van der Waals surface area contributed by atoms with E-state index in [-0.39, 0.29) is 27.9 Å². The van der Waals surface area contributed by atoms with Crippen LogP contribution in [0.1, 0.15) is 23.2 Å². The van der Waals surface area contributed by atoms with Crippen molar-refractivity contribution in [3.05, 3.63) is 69.4 Å². The first kappa shape index (κ1) is 19.9. The van der Waals surface area contributed by atoms with Gasteiger partial charge in [0.05, 0.1) is 11.1 Å². The predicted molar refractivity (Wildman–Crippen MR) is 109 cm³/mol. The third kappa shape index (κ3) is 4.45. The maximum absolute atomic E-state index is 14.3. The lowest BCUT2D eigenvalue weighted by Crippen LogP contribution is -2.34. The number of benzene rings is 2. The summed E-state index contributed by atoms with van der Waals surface area (Å²) >= 11 is 11.9. The summed E-state index contributed by atoms with van der Waals surface area (Å²) in [4.78, 5) is 17.1. The van der Waals surface area contributed by atoms with E-state index < -0.39 is 11.7 Å². The van der Waals surface area contributed by atoms with Gasteiger partial charge in [-0.2, -0.15) is 0 Å². The van der Waals surface area contributed by atoms with E-state index in [1.54, 1.807) is 30.3 Å². The number of hydrogen-bond donors (Lipinski definition) is 1. The molecule has 1 atom stereocenters. The standard InChI is InChI=1S/C21H17Cl2FN2O3/c22-13-6-7-18-12(9-13)10-15(20(27)25-11-14-3-2-8-28-14)21(29-18)26-17-5-1-4-16(23)19(17)24/h1,4-7,9-10,14H,2-3,8,11H2,(H,25,27). The smallest absolute Gasteiger partial charge is 0.256 e. The van der Waals surface area contributed by atoms with Crippen molar-refractivity contribution < 1.29 is 18.3 Å². The number of nitrogens with zero attached hydrogens (tertiary/aromatic N) is 1. The quantitative estimate of drug-likeness (QED) is 0.626. The van der Waals surface area contributed by atoms with Gasteiger partial charge in [-0.3, -0.25) is 4.79 Å². The van der Waals surface area contributed by atoms with Crippen molar-refractivity contribution in [3.63, 3.8) is 0 Å². The van der Waals surface area contributed by atoms with Crippen LogP contribution >= 0.6 is 23.2 Å². The number of hydrogen-bond acceptors (Lipinski definition) is 4. The van der Waals surface area contributed by atoms with Crippen LogP contribution in [0.4, 0.5) is 10.1 Å². The molecule has 0 spiro atoms. The molecule has 1 unspecified atom stereocenters. The lowest BCUT2D eigenvalue weighted by Gasteiger charge is -2.11. The van der Waals surface area contributed by atoms with Gasteiger partial charge in [0.25, 0.3) is 5.91 Å². The fourth-order valence-corrected chi connectivity index (χ4v) is 3.49. The summed E-state index contributed by atoms with van der Waals surface area (Å²) in [6, 6.07) is 11.1. The number of nitrogens with one attached hydrogen (secondary N) is 1.